The highest BCUT2D eigenvalue weighted by Gasteiger charge is 2.24. The molecular formula is C21H29N3O3. The number of nitrogens with zero attached hydrogens (tertiary/aromatic N) is 2. The summed E-state index contributed by atoms with van der Waals surface area (Å²) in [5.74, 6) is 2.58. The molecule has 6 heteroatoms. The molecule has 6 nitrogen and oxygen atoms in total. The highest BCUT2D eigenvalue weighted by Crippen LogP contribution is 2.30. The minimum atomic E-state index is 0.0111. The summed E-state index contributed by atoms with van der Waals surface area (Å²) in [6.45, 7) is 6.70. The van der Waals surface area contributed by atoms with Gasteiger partial charge in [0.25, 0.3) is 5.56 Å². The second-order valence-corrected chi connectivity index (χ2v) is 7.13. The van der Waals surface area contributed by atoms with Crippen LogP contribution in [0.3, 0.4) is 0 Å². The van der Waals surface area contributed by atoms with E-state index < -0.39 is 0 Å². The molecule has 1 saturated heterocycles. The van der Waals surface area contributed by atoms with Gasteiger partial charge in [-0.1, -0.05) is 13.0 Å². The molecule has 1 aliphatic heterocycles. The number of aromatic amines is 1. The van der Waals surface area contributed by atoms with Gasteiger partial charge in [-0.25, -0.2) is 4.98 Å². The number of ether oxygens (including phenoxy) is 2. The number of H-pyrrole nitrogens is 1. The van der Waals surface area contributed by atoms with Gasteiger partial charge < -0.3 is 14.5 Å². The third kappa shape index (κ3) is 4.33. The average Bonchev–Trinajstić information content (AvgIpc) is 2.68. The van der Waals surface area contributed by atoms with Crippen molar-refractivity contribution in [1.29, 1.82) is 0 Å². The van der Waals surface area contributed by atoms with Gasteiger partial charge in [-0.3, -0.25) is 9.69 Å². The predicted molar refractivity (Wildman–Crippen MR) is 106 cm³/mol. The highest BCUT2D eigenvalue weighted by atomic mass is 16.5. The van der Waals surface area contributed by atoms with Crippen LogP contribution in [-0.4, -0.2) is 42.2 Å². The lowest BCUT2D eigenvalue weighted by atomic mass is 9.96. The van der Waals surface area contributed by atoms with Gasteiger partial charge in [0.05, 0.1) is 14.2 Å². The summed E-state index contributed by atoms with van der Waals surface area (Å²) in [6, 6.07) is 6.05. The van der Waals surface area contributed by atoms with Crippen molar-refractivity contribution in [3.05, 3.63) is 51.2 Å². The first kappa shape index (κ1) is 19.4. The Morgan fingerprint density at radius 3 is 2.70 bits per heavy atom. The van der Waals surface area contributed by atoms with Crippen LogP contribution in [0.15, 0.2) is 23.0 Å². The summed E-state index contributed by atoms with van der Waals surface area (Å²) in [6.07, 6.45) is 2.86. The molecule has 0 aliphatic carbocycles. The molecule has 1 N–H and O–H groups in total. The van der Waals surface area contributed by atoms with Crippen molar-refractivity contribution >= 4 is 0 Å². The van der Waals surface area contributed by atoms with Crippen LogP contribution < -0.4 is 15.0 Å². The molecule has 3 rings (SSSR count). The zero-order valence-corrected chi connectivity index (χ0v) is 16.7. The average molecular weight is 371 g/mol. The van der Waals surface area contributed by atoms with E-state index in [1.165, 1.54) is 5.56 Å². The lowest BCUT2D eigenvalue weighted by Gasteiger charge is -2.32. The maximum absolute atomic E-state index is 12.3. The van der Waals surface area contributed by atoms with Crippen molar-refractivity contribution in [1.82, 2.24) is 14.9 Å². The summed E-state index contributed by atoms with van der Waals surface area (Å²) in [7, 11) is 3.30. The summed E-state index contributed by atoms with van der Waals surface area (Å²) in [5.41, 5.74) is 2.84. The van der Waals surface area contributed by atoms with Gasteiger partial charge in [-0.15, -0.1) is 0 Å². The first-order chi connectivity index (χ1) is 13.0. The van der Waals surface area contributed by atoms with E-state index in [-0.39, 0.29) is 11.5 Å². The van der Waals surface area contributed by atoms with Crippen LogP contribution in [0.1, 0.15) is 48.3 Å². The van der Waals surface area contributed by atoms with Gasteiger partial charge >= 0.3 is 0 Å². The first-order valence-corrected chi connectivity index (χ1v) is 9.58. The molecule has 2 aromatic rings. The molecule has 0 radical (unpaired) electrons. The van der Waals surface area contributed by atoms with E-state index >= 15 is 0 Å². The third-order valence-electron chi connectivity index (χ3n) is 5.34. The summed E-state index contributed by atoms with van der Waals surface area (Å²) >= 11 is 0. The second-order valence-electron chi connectivity index (χ2n) is 7.13. The van der Waals surface area contributed by atoms with Crippen molar-refractivity contribution < 1.29 is 9.47 Å². The number of hydrogen-bond donors (Lipinski definition) is 1. The molecule has 1 aliphatic rings. The summed E-state index contributed by atoms with van der Waals surface area (Å²) in [5, 5.41) is 0. The normalized spacial score (nSPS) is 17.7. The van der Waals surface area contributed by atoms with Gasteiger partial charge in [-0.2, -0.15) is 0 Å². The van der Waals surface area contributed by atoms with Crippen LogP contribution in [0.4, 0.5) is 0 Å². The molecule has 27 heavy (non-hydrogen) atoms. The molecule has 146 valence electrons. The fourth-order valence-electron chi connectivity index (χ4n) is 3.90. The van der Waals surface area contributed by atoms with E-state index in [1.54, 1.807) is 14.2 Å². The number of piperidine rings is 1. The van der Waals surface area contributed by atoms with Crippen molar-refractivity contribution in [2.75, 3.05) is 27.3 Å². The Kier molecular flexibility index (Phi) is 6.16. The molecule has 1 fully saturated rings. The van der Waals surface area contributed by atoms with Crippen LogP contribution in [0.5, 0.6) is 11.5 Å². The monoisotopic (exact) mass is 371 g/mol. The molecule has 0 bridgehead atoms. The number of methoxy groups -OCH3 is 2. The minimum absolute atomic E-state index is 0.0111. The topological polar surface area (TPSA) is 67.5 Å². The molecule has 1 unspecified atom stereocenters. The SMILES string of the molecule is CCc1c(C)nc(C2CCCN(Cc3ccc(OC)c(OC)c3)C2)[nH]c1=O. The smallest absolute Gasteiger partial charge is 0.254 e. The molecule has 1 atom stereocenters. The molecule has 2 heterocycles. The van der Waals surface area contributed by atoms with Gasteiger partial charge in [0.1, 0.15) is 5.82 Å². The van der Waals surface area contributed by atoms with Gasteiger partial charge in [0, 0.05) is 30.3 Å². The van der Waals surface area contributed by atoms with E-state index in [0.717, 1.165) is 61.1 Å². The fourth-order valence-corrected chi connectivity index (χ4v) is 3.90. The van der Waals surface area contributed by atoms with Crippen molar-refractivity contribution in [2.24, 2.45) is 0 Å². The van der Waals surface area contributed by atoms with Crippen LogP contribution >= 0.6 is 0 Å². The van der Waals surface area contributed by atoms with Crippen molar-refractivity contribution in [2.45, 2.75) is 45.6 Å². The number of aryl methyl sites for hydroxylation is 1. The molecule has 1 aromatic heterocycles. The Morgan fingerprint density at radius 2 is 2.04 bits per heavy atom. The Labute approximate surface area is 160 Å². The number of likely N-dealkylation sites (tertiary alicyclic amines) is 1. The Balaban J connectivity index is 1.74. The van der Waals surface area contributed by atoms with Gasteiger partial charge in [0.2, 0.25) is 0 Å². The number of nitrogens with one attached hydrogen (secondary N) is 1. The number of hydrogen-bond acceptors (Lipinski definition) is 5. The highest BCUT2D eigenvalue weighted by molar-refractivity contribution is 5.42. The number of aromatic nitrogens is 2. The summed E-state index contributed by atoms with van der Waals surface area (Å²) in [4.78, 5) is 22.4. The standard InChI is InChI=1S/C21H29N3O3/c1-5-17-14(2)22-20(23-21(17)25)16-7-6-10-24(13-16)12-15-8-9-18(26-3)19(11-15)27-4/h8-9,11,16H,5-7,10,12-13H2,1-4H3,(H,22,23,25). The Bertz CT molecular complexity index is 847. The Hall–Kier alpha value is -2.34. The maximum atomic E-state index is 12.3. The number of rotatable bonds is 6. The molecule has 0 saturated carbocycles. The second kappa shape index (κ2) is 8.57. The van der Waals surface area contributed by atoms with E-state index in [9.17, 15) is 4.79 Å². The van der Waals surface area contributed by atoms with E-state index in [4.69, 9.17) is 14.5 Å². The predicted octanol–water partition coefficient (Wildman–Crippen LogP) is 3.04. The molecule has 0 amide bonds. The fraction of sp³-hybridized carbons (Fsp3) is 0.524. The van der Waals surface area contributed by atoms with Crippen LogP contribution in [0.25, 0.3) is 0 Å². The molecule has 0 spiro atoms. The van der Waals surface area contributed by atoms with E-state index in [2.05, 4.69) is 16.0 Å². The summed E-state index contributed by atoms with van der Waals surface area (Å²) < 4.78 is 10.7. The van der Waals surface area contributed by atoms with Crippen LogP contribution in [0, 0.1) is 6.92 Å². The van der Waals surface area contributed by atoms with E-state index in [1.807, 2.05) is 26.0 Å². The van der Waals surface area contributed by atoms with Crippen molar-refractivity contribution in [3.63, 3.8) is 0 Å². The van der Waals surface area contributed by atoms with Crippen molar-refractivity contribution in [3.8, 4) is 11.5 Å². The lowest BCUT2D eigenvalue weighted by Crippen LogP contribution is -2.35. The quantitative estimate of drug-likeness (QED) is 0.845. The largest absolute Gasteiger partial charge is 0.493 e. The van der Waals surface area contributed by atoms with E-state index in [0.29, 0.717) is 6.42 Å². The molecule has 1 aromatic carbocycles. The third-order valence-corrected chi connectivity index (χ3v) is 5.34. The Morgan fingerprint density at radius 1 is 1.26 bits per heavy atom. The first-order valence-electron chi connectivity index (χ1n) is 9.58. The maximum Gasteiger partial charge on any atom is 0.254 e. The van der Waals surface area contributed by atoms with Crippen LogP contribution in [-0.2, 0) is 13.0 Å². The number of benzene rings is 1. The van der Waals surface area contributed by atoms with Crippen LogP contribution in [0.2, 0.25) is 0 Å². The molecular weight excluding hydrogens is 342 g/mol. The van der Waals surface area contributed by atoms with Gasteiger partial charge in [0.15, 0.2) is 11.5 Å². The lowest BCUT2D eigenvalue weighted by molar-refractivity contribution is 0.196. The van der Waals surface area contributed by atoms with Gasteiger partial charge in [-0.05, 0) is 50.4 Å². The minimum Gasteiger partial charge on any atom is -0.493 e. The zero-order chi connectivity index (χ0) is 19.4. The zero-order valence-electron chi connectivity index (χ0n) is 16.7.